The highest BCUT2D eigenvalue weighted by Gasteiger charge is 2.28. The first kappa shape index (κ1) is 21.6. The van der Waals surface area contributed by atoms with Crippen molar-refractivity contribution in [2.24, 2.45) is 0 Å². The minimum Gasteiger partial charge on any atom is -0.339 e. The van der Waals surface area contributed by atoms with Gasteiger partial charge in [-0.2, -0.15) is 0 Å². The Hall–Kier alpha value is -3.25. The van der Waals surface area contributed by atoms with Crippen molar-refractivity contribution in [3.63, 3.8) is 0 Å². The number of benzene rings is 2. The number of nitrogens with zero attached hydrogens (tertiary/aromatic N) is 4. The number of nitrogens with one attached hydrogen (secondary N) is 1. The van der Waals surface area contributed by atoms with Crippen molar-refractivity contribution in [3.05, 3.63) is 71.9 Å². The van der Waals surface area contributed by atoms with Gasteiger partial charge >= 0.3 is 0 Å². The van der Waals surface area contributed by atoms with Gasteiger partial charge in [0.25, 0.3) is 5.91 Å². The monoisotopic (exact) mass is 441 g/mol. The topological polar surface area (TPSA) is 61.4 Å². The Morgan fingerprint density at radius 2 is 1.61 bits per heavy atom. The van der Waals surface area contributed by atoms with Crippen LogP contribution in [0.15, 0.2) is 60.8 Å². The van der Waals surface area contributed by atoms with Crippen LogP contribution in [0.3, 0.4) is 0 Å². The van der Waals surface area contributed by atoms with Crippen molar-refractivity contribution in [2.45, 2.75) is 38.6 Å². The summed E-state index contributed by atoms with van der Waals surface area (Å²) >= 11 is 0. The van der Waals surface area contributed by atoms with Crippen molar-refractivity contribution in [2.75, 3.05) is 31.5 Å². The molecule has 0 spiro atoms. The maximum Gasteiger partial charge on any atom is 0.253 e. The Kier molecular flexibility index (Phi) is 6.35. The fraction of sp³-hybridized carbons (Fsp3) is 0.370. The molecule has 2 aliphatic rings. The first-order chi connectivity index (χ1) is 16.2. The van der Waals surface area contributed by atoms with E-state index in [1.165, 1.54) is 31.5 Å². The molecule has 6 heteroatoms. The largest absolute Gasteiger partial charge is 0.339 e. The van der Waals surface area contributed by atoms with E-state index in [2.05, 4.69) is 51.4 Å². The Bertz CT molecular complexity index is 1080. The number of carbonyl (C=O) groups is 1. The second kappa shape index (κ2) is 9.71. The molecule has 1 aromatic heterocycles. The molecule has 2 aromatic carbocycles. The van der Waals surface area contributed by atoms with Crippen molar-refractivity contribution < 1.29 is 4.79 Å². The number of aryl methyl sites for hydroxylation is 1. The summed E-state index contributed by atoms with van der Waals surface area (Å²) in [6, 6.07) is 18.5. The number of rotatable bonds is 5. The second-order valence-electron chi connectivity index (χ2n) is 9.10. The lowest BCUT2D eigenvalue weighted by molar-refractivity contribution is 0.0644. The van der Waals surface area contributed by atoms with E-state index < -0.39 is 0 Å². The number of hydrogen-bond donors (Lipinski definition) is 1. The SMILES string of the molecule is Cc1ccc(-c2ccnc(Nc3ccc(C(=O)N4CCC(N5CCCC5)CC4)cc3)n2)cc1. The minimum atomic E-state index is 0.124. The van der Waals surface area contributed by atoms with Crippen LogP contribution in [0, 0.1) is 6.92 Å². The van der Waals surface area contributed by atoms with E-state index in [0.717, 1.165) is 48.4 Å². The van der Waals surface area contributed by atoms with Crippen molar-refractivity contribution in [1.29, 1.82) is 0 Å². The van der Waals surface area contributed by atoms with Crippen molar-refractivity contribution >= 4 is 17.5 Å². The average Bonchev–Trinajstić information content (AvgIpc) is 3.40. The van der Waals surface area contributed by atoms with E-state index in [1.807, 2.05) is 35.2 Å². The summed E-state index contributed by atoms with van der Waals surface area (Å²) in [6.07, 6.45) is 6.57. The predicted molar refractivity (Wildman–Crippen MR) is 132 cm³/mol. The fourth-order valence-corrected chi connectivity index (χ4v) is 4.85. The zero-order valence-corrected chi connectivity index (χ0v) is 19.2. The van der Waals surface area contributed by atoms with Gasteiger partial charge in [0.05, 0.1) is 5.69 Å². The van der Waals surface area contributed by atoms with Crippen LogP contribution in [-0.4, -0.2) is 57.9 Å². The Morgan fingerprint density at radius 1 is 0.909 bits per heavy atom. The van der Waals surface area contributed by atoms with Crippen LogP contribution >= 0.6 is 0 Å². The maximum atomic E-state index is 13.0. The lowest BCUT2D eigenvalue weighted by atomic mass is 10.0. The zero-order chi connectivity index (χ0) is 22.6. The summed E-state index contributed by atoms with van der Waals surface area (Å²) in [5.74, 6) is 0.662. The van der Waals surface area contributed by atoms with Gasteiger partial charge in [0.1, 0.15) is 0 Å². The normalized spacial score (nSPS) is 17.3. The number of anilines is 2. The summed E-state index contributed by atoms with van der Waals surface area (Å²) in [5.41, 5.74) is 4.74. The summed E-state index contributed by atoms with van der Waals surface area (Å²) in [4.78, 5) is 26.6. The molecule has 2 fully saturated rings. The van der Waals surface area contributed by atoms with Gasteiger partial charge in [-0.3, -0.25) is 4.79 Å². The lowest BCUT2D eigenvalue weighted by Crippen LogP contribution is -2.45. The number of amides is 1. The van der Waals surface area contributed by atoms with Gasteiger partial charge < -0.3 is 15.1 Å². The van der Waals surface area contributed by atoms with Gasteiger partial charge in [-0.1, -0.05) is 29.8 Å². The number of piperidine rings is 1. The van der Waals surface area contributed by atoms with Crippen LogP contribution in [0.4, 0.5) is 11.6 Å². The molecule has 2 aliphatic heterocycles. The van der Waals surface area contributed by atoms with Gasteiger partial charge in [-0.15, -0.1) is 0 Å². The fourth-order valence-electron chi connectivity index (χ4n) is 4.85. The predicted octanol–water partition coefficient (Wildman–Crippen LogP) is 4.90. The van der Waals surface area contributed by atoms with E-state index >= 15 is 0 Å². The molecule has 33 heavy (non-hydrogen) atoms. The summed E-state index contributed by atoms with van der Waals surface area (Å²) in [5, 5.41) is 3.26. The minimum absolute atomic E-state index is 0.124. The first-order valence-electron chi connectivity index (χ1n) is 12.0. The summed E-state index contributed by atoms with van der Waals surface area (Å²) in [7, 11) is 0. The third-order valence-corrected chi connectivity index (χ3v) is 6.80. The quantitative estimate of drug-likeness (QED) is 0.610. The van der Waals surface area contributed by atoms with E-state index in [4.69, 9.17) is 0 Å². The van der Waals surface area contributed by atoms with Crippen molar-refractivity contribution in [3.8, 4) is 11.3 Å². The van der Waals surface area contributed by atoms with E-state index in [-0.39, 0.29) is 5.91 Å². The van der Waals surface area contributed by atoms with Crippen molar-refractivity contribution in [1.82, 2.24) is 19.8 Å². The third kappa shape index (κ3) is 5.06. The van der Waals surface area contributed by atoms with Crippen LogP contribution in [0.2, 0.25) is 0 Å². The molecule has 1 amide bonds. The van der Waals surface area contributed by atoms with Gasteiger partial charge in [0, 0.05) is 42.1 Å². The molecular formula is C27H31N5O. The van der Waals surface area contributed by atoms with E-state index in [0.29, 0.717) is 12.0 Å². The molecule has 0 radical (unpaired) electrons. The molecule has 0 saturated carbocycles. The summed E-state index contributed by atoms with van der Waals surface area (Å²) < 4.78 is 0. The molecule has 3 heterocycles. The highest BCUT2D eigenvalue weighted by molar-refractivity contribution is 5.94. The highest BCUT2D eigenvalue weighted by atomic mass is 16.2. The van der Waals surface area contributed by atoms with Crippen LogP contribution in [0.1, 0.15) is 41.6 Å². The van der Waals surface area contributed by atoms with E-state index in [9.17, 15) is 4.79 Å². The molecule has 0 bridgehead atoms. The maximum absolute atomic E-state index is 13.0. The molecule has 0 atom stereocenters. The highest BCUT2D eigenvalue weighted by Crippen LogP contribution is 2.23. The van der Waals surface area contributed by atoms with Crippen LogP contribution < -0.4 is 5.32 Å². The standard InChI is InChI=1S/C27H31N5O/c1-20-4-6-21(7-5-20)25-12-15-28-27(30-25)29-23-10-8-22(9-11-23)26(33)32-18-13-24(14-19-32)31-16-2-3-17-31/h4-12,15,24H,2-3,13-14,16-19H2,1H3,(H,28,29,30). The molecular weight excluding hydrogens is 410 g/mol. The number of carbonyl (C=O) groups excluding carboxylic acids is 1. The Balaban J connectivity index is 1.20. The molecule has 3 aromatic rings. The molecule has 170 valence electrons. The Morgan fingerprint density at radius 3 is 2.30 bits per heavy atom. The smallest absolute Gasteiger partial charge is 0.253 e. The molecule has 6 nitrogen and oxygen atoms in total. The van der Waals surface area contributed by atoms with Gasteiger partial charge in [0.15, 0.2) is 0 Å². The van der Waals surface area contributed by atoms with Crippen LogP contribution in [-0.2, 0) is 0 Å². The molecule has 5 rings (SSSR count). The third-order valence-electron chi connectivity index (χ3n) is 6.80. The van der Waals surface area contributed by atoms with Gasteiger partial charge in [0.2, 0.25) is 5.95 Å². The molecule has 2 saturated heterocycles. The molecule has 0 unspecified atom stereocenters. The molecule has 1 N–H and O–H groups in total. The number of hydrogen-bond acceptors (Lipinski definition) is 5. The van der Waals surface area contributed by atoms with E-state index in [1.54, 1.807) is 6.20 Å². The van der Waals surface area contributed by atoms with Gasteiger partial charge in [-0.25, -0.2) is 9.97 Å². The molecule has 0 aliphatic carbocycles. The zero-order valence-electron chi connectivity index (χ0n) is 19.2. The van der Waals surface area contributed by atoms with Crippen LogP contribution in [0.25, 0.3) is 11.3 Å². The summed E-state index contributed by atoms with van der Waals surface area (Å²) in [6.45, 7) is 6.22. The average molecular weight is 442 g/mol. The second-order valence-corrected chi connectivity index (χ2v) is 9.10. The van der Waals surface area contributed by atoms with Crippen LogP contribution in [0.5, 0.6) is 0 Å². The van der Waals surface area contributed by atoms with Gasteiger partial charge in [-0.05, 0) is 76.0 Å². The Labute approximate surface area is 195 Å². The number of aromatic nitrogens is 2. The first-order valence-corrected chi connectivity index (χ1v) is 12.0. The lowest BCUT2D eigenvalue weighted by Gasteiger charge is -2.36. The number of likely N-dealkylation sites (tertiary alicyclic amines) is 2.